The topological polar surface area (TPSA) is 55.4 Å². The molecular formula is C91H109B3O6. The lowest BCUT2D eigenvalue weighted by molar-refractivity contribution is 0.00578. The summed E-state index contributed by atoms with van der Waals surface area (Å²) in [5, 5.41) is 0. The van der Waals surface area contributed by atoms with Crippen LogP contribution in [0.15, 0.2) is 243 Å². The molecule has 3 saturated heterocycles. The monoisotopic (exact) mass is 1330 g/mol. The molecule has 0 N–H and O–H groups in total. The number of rotatable bonds is 1. The fourth-order valence-corrected chi connectivity index (χ4v) is 15.1. The maximum absolute atomic E-state index is 5.96. The van der Waals surface area contributed by atoms with E-state index in [0.717, 1.165) is 0 Å². The third-order valence-corrected chi connectivity index (χ3v) is 21.4. The van der Waals surface area contributed by atoms with Gasteiger partial charge in [-0.3, -0.25) is 0 Å². The molecule has 0 atom stereocenters. The number of hydrogen-bond acceptors (Lipinski definition) is 6. The minimum absolute atomic E-state index is 0.0648. The molecule has 3 fully saturated rings. The SMILES string of the molecule is CB1OC(C)(C)C(C)(C)O1.CC.CC.CC.CC.CC.CC1(C)OB(B2OC(C)(C)C(C)(C)O2)OC1(C)C.c1ccc2c(c1)-c1ccccc1C1(c3ccccc3-2)c2ccccc2-c2ccccc21.c1ccc2c(c1)-c1ccccc1C1(c3ccccc3-2)c2ccccc2-c2ccccc21. The highest BCUT2D eigenvalue weighted by atomic mass is 16.7. The first-order chi connectivity index (χ1) is 48.0. The average molecular weight is 1330 g/mol. The zero-order valence-electron chi connectivity index (χ0n) is 64.3. The highest BCUT2D eigenvalue weighted by Gasteiger charge is 2.64. The Morgan fingerprint density at radius 2 is 0.300 bits per heavy atom. The lowest BCUT2D eigenvalue weighted by Crippen LogP contribution is -2.41. The van der Waals surface area contributed by atoms with Crippen molar-refractivity contribution in [3.8, 4) is 66.8 Å². The first-order valence-electron chi connectivity index (χ1n) is 37.1. The molecule has 0 radical (unpaired) electrons. The van der Waals surface area contributed by atoms with Gasteiger partial charge in [-0.25, -0.2) is 0 Å². The summed E-state index contributed by atoms with van der Waals surface area (Å²) < 4.78 is 34.9. The highest BCUT2D eigenvalue weighted by Crippen LogP contribution is 2.63. The van der Waals surface area contributed by atoms with Crippen molar-refractivity contribution in [3.63, 3.8) is 0 Å². The molecule has 518 valence electrons. The van der Waals surface area contributed by atoms with Crippen molar-refractivity contribution < 1.29 is 27.9 Å². The van der Waals surface area contributed by atoms with Crippen molar-refractivity contribution in [2.24, 2.45) is 0 Å². The molecule has 9 heteroatoms. The lowest BCUT2D eigenvalue weighted by atomic mass is 9.49. The van der Waals surface area contributed by atoms with Gasteiger partial charge in [0.1, 0.15) is 0 Å². The van der Waals surface area contributed by atoms with Gasteiger partial charge in [-0.1, -0.05) is 312 Å². The van der Waals surface area contributed by atoms with Crippen LogP contribution >= 0.6 is 0 Å². The second kappa shape index (κ2) is 30.8. The molecule has 10 aromatic carbocycles. The normalized spacial score (nSPS) is 17.7. The zero-order chi connectivity index (χ0) is 72.8. The van der Waals surface area contributed by atoms with Gasteiger partial charge in [0.15, 0.2) is 0 Å². The number of fused-ring (bicyclic) bond motifs is 24. The highest BCUT2D eigenvalue weighted by molar-refractivity contribution is 7.11. The van der Waals surface area contributed by atoms with Gasteiger partial charge in [-0.15, -0.1) is 0 Å². The lowest BCUT2D eigenvalue weighted by Gasteiger charge is -2.35. The molecule has 2 spiro atoms. The summed E-state index contributed by atoms with van der Waals surface area (Å²) >= 11 is 0. The Kier molecular flexibility index (Phi) is 23.5. The minimum atomic E-state index is -0.476. The van der Waals surface area contributed by atoms with Crippen molar-refractivity contribution in [2.45, 2.75) is 204 Å². The van der Waals surface area contributed by atoms with E-state index in [1.54, 1.807) is 0 Å². The molecule has 10 aromatic rings. The van der Waals surface area contributed by atoms with Gasteiger partial charge in [0, 0.05) is 0 Å². The molecule has 0 amide bonds. The van der Waals surface area contributed by atoms with E-state index >= 15 is 0 Å². The van der Waals surface area contributed by atoms with E-state index in [9.17, 15) is 0 Å². The van der Waals surface area contributed by atoms with Crippen molar-refractivity contribution in [2.75, 3.05) is 0 Å². The Hall–Kier alpha value is -7.85. The van der Waals surface area contributed by atoms with E-state index in [-0.39, 0.29) is 51.6 Å². The van der Waals surface area contributed by atoms with E-state index in [2.05, 4.69) is 270 Å². The molecule has 3 aliphatic heterocycles. The quantitative estimate of drug-likeness (QED) is 0.153. The molecule has 0 unspecified atom stereocenters. The van der Waals surface area contributed by atoms with Gasteiger partial charge in [0.25, 0.3) is 0 Å². The number of benzene rings is 10. The van der Waals surface area contributed by atoms with Gasteiger partial charge in [-0.2, -0.15) is 0 Å². The van der Waals surface area contributed by atoms with Gasteiger partial charge in [0.05, 0.1) is 44.4 Å². The van der Waals surface area contributed by atoms with Crippen LogP contribution in [0.25, 0.3) is 66.8 Å². The summed E-state index contributed by atoms with van der Waals surface area (Å²) in [6.45, 7) is 46.3. The van der Waals surface area contributed by atoms with Crippen LogP contribution in [0.2, 0.25) is 6.82 Å². The van der Waals surface area contributed by atoms with Crippen molar-refractivity contribution >= 4 is 21.1 Å². The summed E-state index contributed by atoms with van der Waals surface area (Å²) in [5.41, 5.74) is 24.4. The summed E-state index contributed by atoms with van der Waals surface area (Å²) in [6, 6.07) is 89.6. The van der Waals surface area contributed by atoms with Crippen LogP contribution < -0.4 is 0 Å². The molecule has 100 heavy (non-hydrogen) atoms. The molecule has 17 rings (SSSR count). The van der Waals surface area contributed by atoms with Crippen molar-refractivity contribution in [1.82, 2.24) is 0 Å². The average Bonchev–Trinajstić information content (AvgIpc) is 1.52. The van der Waals surface area contributed by atoms with E-state index in [0.29, 0.717) is 0 Å². The maximum atomic E-state index is 5.96. The smallest absolute Gasteiger partial charge is 0.405 e. The van der Waals surface area contributed by atoms with E-state index in [1.165, 1.54) is 111 Å². The minimum Gasteiger partial charge on any atom is -0.405 e. The standard InChI is InChI=1S/2C31H20.C12H24B2O4.C7H15BO2.5C2H6/c2*1-2-12-22-21(11-1)23-13-3-7-17-27(23)31(28-18-8-4-14-24(22)28)29-19-9-5-15-25(29)26-16-6-10-20-30(26)31;1-9(2)10(3,4)16-13(15-9)14-17-11(5,6)12(7,8)18-14;1-6(2)7(3,4)10-8(5)9-6;5*1-2/h2*1-20H;1-8H3;1-5H3;5*1-2H3. The van der Waals surface area contributed by atoms with Crippen molar-refractivity contribution in [3.05, 3.63) is 287 Å². The molecule has 3 heterocycles. The summed E-state index contributed by atoms with van der Waals surface area (Å²) in [4.78, 5) is 0. The van der Waals surface area contributed by atoms with Crippen LogP contribution in [0, 0.1) is 0 Å². The number of hydrogen-bond donors (Lipinski definition) is 0. The third kappa shape index (κ3) is 13.0. The second-order valence-electron chi connectivity index (χ2n) is 28.0. The van der Waals surface area contributed by atoms with Gasteiger partial charge in [-0.05, 0) is 201 Å². The van der Waals surface area contributed by atoms with Crippen LogP contribution in [0.3, 0.4) is 0 Å². The first kappa shape index (κ1) is 76.3. The van der Waals surface area contributed by atoms with E-state index < -0.39 is 14.0 Å². The van der Waals surface area contributed by atoms with E-state index in [4.69, 9.17) is 27.9 Å². The molecule has 6 nitrogen and oxygen atoms in total. The molecular weight excluding hydrogens is 1220 g/mol. The predicted octanol–water partition coefficient (Wildman–Crippen LogP) is 24.5. The van der Waals surface area contributed by atoms with E-state index in [1.807, 2.05) is 131 Å². The first-order valence-corrected chi connectivity index (χ1v) is 37.1. The Labute approximate surface area is 603 Å². The van der Waals surface area contributed by atoms with Crippen LogP contribution in [-0.2, 0) is 38.8 Å². The van der Waals surface area contributed by atoms with Gasteiger partial charge < -0.3 is 27.9 Å². The molecule has 0 bridgehead atoms. The maximum Gasteiger partial charge on any atom is 0.488 e. The Bertz CT molecular complexity index is 3890. The summed E-state index contributed by atoms with van der Waals surface area (Å²) in [6.07, 6.45) is 0. The third-order valence-electron chi connectivity index (χ3n) is 21.4. The van der Waals surface area contributed by atoms with Gasteiger partial charge >= 0.3 is 21.1 Å². The van der Waals surface area contributed by atoms with Crippen LogP contribution in [0.4, 0.5) is 0 Å². The fraction of sp³-hybridized carbons (Fsp3) is 0.341. The van der Waals surface area contributed by atoms with Crippen LogP contribution in [0.1, 0.15) is 197 Å². The molecule has 7 aliphatic rings. The Morgan fingerprint density at radius 1 is 0.180 bits per heavy atom. The fourth-order valence-electron chi connectivity index (χ4n) is 15.1. The van der Waals surface area contributed by atoms with Crippen LogP contribution in [-0.4, -0.2) is 54.7 Å². The zero-order valence-corrected chi connectivity index (χ0v) is 64.3. The Morgan fingerprint density at radius 3 is 0.440 bits per heavy atom. The predicted molar refractivity (Wildman–Crippen MR) is 427 cm³/mol. The van der Waals surface area contributed by atoms with Crippen molar-refractivity contribution in [1.29, 1.82) is 0 Å². The molecule has 0 aromatic heterocycles. The van der Waals surface area contributed by atoms with Gasteiger partial charge in [0.2, 0.25) is 0 Å². The Balaban J connectivity index is 0.000000158. The molecule has 0 saturated carbocycles. The second-order valence-corrected chi connectivity index (χ2v) is 28.0. The summed E-state index contributed by atoms with van der Waals surface area (Å²) in [5.74, 6) is 0. The van der Waals surface area contributed by atoms with Crippen LogP contribution in [0.5, 0.6) is 0 Å². The summed E-state index contributed by atoms with van der Waals surface area (Å²) in [7, 11) is -1.02. The molecule has 4 aliphatic carbocycles. The largest absolute Gasteiger partial charge is 0.488 e.